The van der Waals surface area contributed by atoms with Gasteiger partial charge in [0, 0.05) is 0 Å². The van der Waals surface area contributed by atoms with Crippen molar-refractivity contribution in [2.75, 3.05) is 0 Å². The second-order valence-electron chi connectivity index (χ2n) is 6.66. The third-order valence-corrected chi connectivity index (χ3v) is 5.41. The van der Waals surface area contributed by atoms with Crippen LogP contribution in [0.1, 0.15) is 46.5 Å². The van der Waals surface area contributed by atoms with Gasteiger partial charge in [-0.15, -0.1) is 0 Å². The highest BCUT2D eigenvalue weighted by Crippen LogP contribution is 2.65. The molecule has 0 aliphatic heterocycles. The third kappa shape index (κ3) is 0.980. The molecule has 0 amide bonds. The van der Waals surface area contributed by atoms with E-state index in [0.717, 1.165) is 29.6 Å². The van der Waals surface area contributed by atoms with Gasteiger partial charge in [0.15, 0.2) is 0 Å². The maximum atomic E-state index is 2.52. The monoisotopic (exact) mass is 178 g/mol. The first-order chi connectivity index (χ1) is 6.08. The lowest BCUT2D eigenvalue weighted by Crippen LogP contribution is -2.15. The summed E-state index contributed by atoms with van der Waals surface area (Å²) in [5, 5.41) is 0. The fraction of sp³-hybridized carbons (Fsp3) is 1.00. The molecule has 4 unspecified atom stereocenters. The Morgan fingerprint density at radius 3 is 1.77 bits per heavy atom. The summed E-state index contributed by atoms with van der Waals surface area (Å²) in [6, 6.07) is 0. The molecular formula is C13H22. The molecule has 3 aliphatic carbocycles. The Morgan fingerprint density at radius 2 is 1.31 bits per heavy atom. The van der Waals surface area contributed by atoms with E-state index in [2.05, 4.69) is 20.8 Å². The van der Waals surface area contributed by atoms with E-state index in [1.165, 1.54) is 12.8 Å². The number of hydrogen-bond acceptors (Lipinski definition) is 0. The molecule has 0 spiro atoms. The van der Waals surface area contributed by atoms with Crippen LogP contribution in [0.25, 0.3) is 0 Å². The van der Waals surface area contributed by atoms with Crippen LogP contribution < -0.4 is 0 Å². The van der Waals surface area contributed by atoms with Crippen LogP contribution in [0.3, 0.4) is 0 Å². The molecule has 2 bridgehead atoms. The molecule has 3 rings (SSSR count). The van der Waals surface area contributed by atoms with Gasteiger partial charge in [0.2, 0.25) is 0 Å². The molecule has 0 radical (unpaired) electrons. The summed E-state index contributed by atoms with van der Waals surface area (Å²) in [5.74, 6) is 5.58. The molecule has 0 aromatic rings. The van der Waals surface area contributed by atoms with E-state index in [0.29, 0.717) is 5.41 Å². The van der Waals surface area contributed by atoms with E-state index in [1.54, 1.807) is 12.8 Å². The summed E-state index contributed by atoms with van der Waals surface area (Å²) < 4.78 is 0. The van der Waals surface area contributed by atoms with Crippen molar-refractivity contribution in [3.05, 3.63) is 0 Å². The smallest absolute Gasteiger partial charge is 0.0347 e. The molecule has 0 saturated heterocycles. The predicted octanol–water partition coefficient (Wildman–Crippen LogP) is 3.71. The Morgan fingerprint density at radius 1 is 0.846 bits per heavy atom. The summed E-state index contributed by atoms with van der Waals surface area (Å²) in [5.41, 5.74) is 0.677. The SMILES string of the molecule is CC1C2CCC1C1CC(C)(C)CC21. The zero-order valence-corrected chi connectivity index (χ0v) is 9.22. The summed E-state index contributed by atoms with van der Waals surface area (Å²) >= 11 is 0. The topological polar surface area (TPSA) is 0 Å². The minimum Gasteiger partial charge on any atom is -0.0620 e. The minimum absolute atomic E-state index is 0.677. The van der Waals surface area contributed by atoms with Crippen molar-refractivity contribution in [2.45, 2.75) is 46.5 Å². The van der Waals surface area contributed by atoms with Crippen LogP contribution >= 0.6 is 0 Å². The minimum atomic E-state index is 0.677. The fourth-order valence-corrected chi connectivity index (χ4v) is 5.04. The van der Waals surface area contributed by atoms with E-state index in [4.69, 9.17) is 0 Å². The van der Waals surface area contributed by atoms with Gasteiger partial charge in [0.05, 0.1) is 0 Å². The maximum Gasteiger partial charge on any atom is -0.0347 e. The van der Waals surface area contributed by atoms with Gasteiger partial charge in [0.25, 0.3) is 0 Å². The van der Waals surface area contributed by atoms with Gasteiger partial charge < -0.3 is 0 Å². The molecule has 3 saturated carbocycles. The van der Waals surface area contributed by atoms with E-state index in [9.17, 15) is 0 Å². The summed E-state index contributed by atoms with van der Waals surface area (Å²) in [6.45, 7) is 7.48. The highest BCUT2D eigenvalue weighted by atomic mass is 14.6. The van der Waals surface area contributed by atoms with Gasteiger partial charge in [0.1, 0.15) is 0 Å². The van der Waals surface area contributed by atoms with Crippen molar-refractivity contribution >= 4 is 0 Å². The summed E-state index contributed by atoms with van der Waals surface area (Å²) in [4.78, 5) is 0. The van der Waals surface area contributed by atoms with Crippen molar-refractivity contribution in [2.24, 2.45) is 35.0 Å². The Labute approximate surface area is 82.1 Å². The molecule has 74 valence electrons. The second kappa shape index (κ2) is 2.32. The fourth-order valence-electron chi connectivity index (χ4n) is 5.04. The van der Waals surface area contributed by atoms with Crippen LogP contribution in [0.5, 0.6) is 0 Å². The highest BCUT2D eigenvalue weighted by Gasteiger charge is 2.57. The van der Waals surface area contributed by atoms with Crippen LogP contribution in [-0.2, 0) is 0 Å². The molecule has 0 aromatic carbocycles. The molecule has 0 N–H and O–H groups in total. The molecule has 13 heavy (non-hydrogen) atoms. The van der Waals surface area contributed by atoms with E-state index >= 15 is 0 Å². The zero-order valence-electron chi connectivity index (χ0n) is 9.22. The Kier molecular flexibility index (Phi) is 1.49. The van der Waals surface area contributed by atoms with Crippen LogP contribution in [0, 0.1) is 35.0 Å². The largest absolute Gasteiger partial charge is 0.0620 e. The van der Waals surface area contributed by atoms with Crippen LogP contribution in [0.15, 0.2) is 0 Å². The molecule has 3 fully saturated rings. The average Bonchev–Trinajstić information content (AvgIpc) is 2.58. The first-order valence-electron chi connectivity index (χ1n) is 6.08. The zero-order chi connectivity index (χ0) is 9.22. The van der Waals surface area contributed by atoms with Crippen molar-refractivity contribution in [1.29, 1.82) is 0 Å². The van der Waals surface area contributed by atoms with Crippen LogP contribution in [0.2, 0.25) is 0 Å². The number of fused-ring (bicyclic) bond motifs is 5. The van der Waals surface area contributed by atoms with Crippen LogP contribution in [-0.4, -0.2) is 0 Å². The first kappa shape index (κ1) is 8.32. The van der Waals surface area contributed by atoms with Gasteiger partial charge >= 0.3 is 0 Å². The molecule has 0 heteroatoms. The van der Waals surface area contributed by atoms with Crippen molar-refractivity contribution in [3.8, 4) is 0 Å². The van der Waals surface area contributed by atoms with Crippen molar-refractivity contribution in [1.82, 2.24) is 0 Å². The van der Waals surface area contributed by atoms with E-state index in [-0.39, 0.29) is 0 Å². The highest BCUT2D eigenvalue weighted by molar-refractivity contribution is 5.06. The van der Waals surface area contributed by atoms with Gasteiger partial charge in [-0.3, -0.25) is 0 Å². The molecule has 0 aromatic heterocycles. The molecule has 0 heterocycles. The Bertz CT molecular complexity index is 206. The molecular weight excluding hydrogens is 156 g/mol. The Balaban J connectivity index is 1.89. The standard InChI is InChI=1S/C13H22/c1-8-9-4-5-10(8)12-7-13(2,3)6-11(9)12/h8-12H,4-7H2,1-3H3. The van der Waals surface area contributed by atoms with Crippen molar-refractivity contribution in [3.63, 3.8) is 0 Å². The summed E-state index contributed by atoms with van der Waals surface area (Å²) in [7, 11) is 0. The summed E-state index contributed by atoms with van der Waals surface area (Å²) in [6.07, 6.45) is 6.18. The predicted molar refractivity (Wildman–Crippen MR) is 55.4 cm³/mol. The van der Waals surface area contributed by atoms with Gasteiger partial charge in [-0.05, 0) is 60.7 Å². The third-order valence-electron chi connectivity index (χ3n) is 5.41. The number of rotatable bonds is 0. The molecule has 0 nitrogen and oxygen atoms in total. The van der Waals surface area contributed by atoms with Gasteiger partial charge in [-0.2, -0.15) is 0 Å². The van der Waals surface area contributed by atoms with Gasteiger partial charge in [-0.1, -0.05) is 20.8 Å². The molecule has 3 aliphatic rings. The second-order valence-corrected chi connectivity index (χ2v) is 6.66. The van der Waals surface area contributed by atoms with E-state index in [1.807, 2.05) is 0 Å². The lowest BCUT2D eigenvalue weighted by molar-refractivity contribution is 0.259. The maximum absolute atomic E-state index is 2.52. The van der Waals surface area contributed by atoms with Crippen molar-refractivity contribution < 1.29 is 0 Å². The van der Waals surface area contributed by atoms with Crippen LogP contribution in [0.4, 0.5) is 0 Å². The average molecular weight is 178 g/mol. The number of hydrogen-bond donors (Lipinski definition) is 0. The lowest BCUT2D eigenvalue weighted by Gasteiger charge is -2.23. The normalized spacial score (nSPS) is 57.0. The Hall–Kier alpha value is 0. The van der Waals surface area contributed by atoms with E-state index < -0.39 is 0 Å². The first-order valence-corrected chi connectivity index (χ1v) is 6.08. The molecule has 4 atom stereocenters. The lowest BCUT2D eigenvalue weighted by atomic mass is 9.82. The van der Waals surface area contributed by atoms with Gasteiger partial charge in [-0.25, -0.2) is 0 Å². The quantitative estimate of drug-likeness (QED) is 0.530.